The number of thioether (sulfide) groups is 1. The first-order valence-electron chi connectivity index (χ1n) is 13.6. The summed E-state index contributed by atoms with van der Waals surface area (Å²) in [5.74, 6) is -0.475. The number of aromatic nitrogens is 1. The van der Waals surface area contributed by atoms with Crippen LogP contribution in [0.4, 0.5) is 0 Å². The van der Waals surface area contributed by atoms with E-state index < -0.39 is 5.97 Å². The number of oxime groups is 1. The van der Waals surface area contributed by atoms with Crippen LogP contribution in [0, 0.1) is 6.92 Å². The summed E-state index contributed by atoms with van der Waals surface area (Å²) in [6, 6.07) is 26.2. The SMILES string of the molecule is CCn1c2ccc(C(=O)C(CCSc3ccccc3Cl)=NOC(C)=O)cc2c2cc(C(=O)c3ccccc3C)ccc21. The molecule has 0 amide bonds. The predicted molar refractivity (Wildman–Crippen MR) is 170 cm³/mol. The maximum absolute atomic E-state index is 13.7. The van der Waals surface area contributed by atoms with Gasteiger partial charge >= 0.3 is 5.97 Å². The van der Waals surface area contributed by atoms with Gasteiger partial charge in [0.05, 0.1) is 5.02 Å². The lowest BCUT2D eigenvalue weighted by atomic mass is 9.97. The molecule has 0 spiro atoms. The molecule has 5 rings (SSSR count). The summed E-state index contributed by atoms with van der Waals surface area (Å²) < 4.78 is 2.16. The van der Waals surface area contributed by atoms with Gasteiger partial charge in [-0.2, -0.15) is 0 Å². The minimum Gasteiger partial charge on any atom is -0.341 e. The molecule has 0 aliphatic heterocycles. The number of hydrogen-bond acceptors (Lipinski definition) is 6. The van der Waals surface area contributed by atoms with Crippen molar-refractivity contribution in [3.05, 3.63) is 112 Å². The molecule has 0 atom stereocenters. The minimum absolute atomic E-state index is 0.0496. The highest BCUT2D eigenvalue weighted by Crippen LogP contribution is 2.32. The number of carbonyl (C=O) groups excluding carboxylic acids is 3. The Morgan fingerprint density at radius 2 is 1.52 bits per heavy atom. The number of ketones is 2. The molecule has 0 fully saturated rings. The van der Waals surface area contributed by atoms with E-state index >= 15 is 0 Å². The lowest BCUT2D eigenvalue weighted by Crippen LogP contribution is -2.16. The molecule has 0 aliphatic carbocycles. The Kier molecular flexibility index (Phi) is 8.90. The summed E-state index contributed by atoms with van der Waals surface area (Å²) in [6.07, 6.45) is 0.270. The van der Waals surface area contributed by atoms with Gasteiger partial charge < -0.3 is 9.40 Å². The molecule has 4 aromatic carbocycles. The Morgan fingerprint density at radius 1 is 0.881 bits per heavy atom. The smallest absolute Gasteiger partial charge is 0.331 e. The van der Waals surface area contributed by atoms with Crippen LogP contribution in [0.25, 0.3) is 21.8 Å². The number of carbonyl (C=O) groups is 3. The Bertz CT molecular complexity index is 1870. The minimum atomic E-state index is -0.605. The van der Waals surface area contributed by atoms with E-state index in [2.05, 4.69) is 16.6 Å². The van der Waals surface area contributed by atoms with Crippen molar-refractivity contribution in [2.75, 3.05) is 5.75 Å². The van der Waals surface area contributed by atoms with Crippen molar-refractivity contribution in [2.45, 2.75) is 38.6 Å². The van der Waals surface area contributed by atoms with Gasteiger partial charge in [-0.25, -0.2) is 4.79 Å². The number of aryl methyl sites for hydroxylation is 2. The lowest BCUT2D eigenvalue weighted by molar-refractivity contribution is -0.140. The fourth-order valence-electron chi connectivity index (χ4n) is 5.02. The second-order valence-corrected chi connectivity index (χ2v) is 11.4. The average molecular weight is 597 g/mol. The van der Waals surface area contributed by atoms with E-state index in [1.807, 2.05) is 85.8 Å². The summed E-state index contributed by atoms with van der Waals surface area (Å²) in [5.41, 5.74) is 4.64. The molecule has 42 heavy (non-hydrogen) atoms. The Balaban J connectivity index is 1.51. The molecule has 0 aliphatic rings. The second kappa shape index (κ2) is 12.8. The van der Waals surface area contributed by atoms with Crippen molar-refractivity contribution < 1.29 is 19.2 Å². The van der Waals surface area contributed by atoms with Crippen LogP contribution in [0.1, 0.15) is 52.1 Å². The molecule has 0 unspecified atom stereocenters. The highest BCUT2D eigenvalue weighted by atomic mass is 35.5. The van der Waals surface area contributed by atoms with Crippen LogP contribution in [0.15, 0.2) is 95.0 Å². The second-order valence-electron chi connectivity index (χ2n) is 9.83. The third kappa shape index (κ3) is 6.03. The first kappa shape index (κ1) is 29.3. The van der Waals surface area contributed by atoms with Crippen molar-refractivity contribution in [1.82, 2.24) is 4.57 Å². The van der Waals surface area contributed by atoms with E-state index in [0.29, 0.717) is 27.5 Å². The number of fused-ring (bicyclic) bond motifs is 3. The van der Waals surface area contributed by atoms with Crippen LogP contribution in [-0.4, -0.2) is 33.6 Å². The highest BCUT2D eigenvalue weighted by molar-refractivity contribution is 7.99. The molecule has 0 saturated carbocycles. The van der Waals surface area contributed by atoms with Crippen LogP contribution in [0.3, 0.4) is 0 Å². The van der Waals surface area contributed by atoms with Gasteiger partial charge in [-0.05, 0) is 67.9 Å². The third-order valence-electron chi connectivity index (χ3n) is 7.07. The van der Waals surface area contributed by atoms with E-state index in [9.17, 15) is 14.4 Å². The zero-order chi connectivity index (χ0) is 29.8. The Labute approximate surface area is 253 Å². The number of nitrogens with zero attached hydrogens (tertiary/aromatic N) is 2. The lowest BCUT2D eigenvalue weighted by Gasteiger charge is -2.08. The molecule has 0 radical (unpaired) electrons. The number of rotatable bonds is 10. The van der Waals surface area contributed by atoms with Crippen LogP contribution in [-0.2, 0) is 16.2 Å². The van der Waals surface area contributed by atoms with Gasteiger partial charge in [-0.3, -0.25) is 9.59 Å². The van der Waals surface area contributed by atoms with Gasteiger partial charge in [0.2, 0.25) is 5.78 Å². The first-order chi connectivity index (χ1) is 20.3. The molecule has 8 heteroatoms. The Morgan fingerprint density at radius 3 is 2.19 bits per heavy atom. The van der Waals surface area contributed by atoms with E-state index in [1.54, 1.807) is 6.07 Å². The van der Waals surface area contributed by atoms with Crippen molar-refractivity contribution in [3.8, 4) is 0 Å². The van der Waals surface area contributed by atoms with Crippen LogP contribution < -0.4 is 0 Å². The predicted octanol–water partition coefficient (Wildman–Crippen LogP) is 8.29. The fourth-order valence-corrected chi connectivity index (χ4v) is 6.21. The number of benzene rings is 4. The average Bonchev–Trinajstić information content (AvgIpc) is 3.31. The number of Topliss-reactive ketones (excluding diaryl/α,β-unsaturated/α-hetero) is 1. The van der Waals surface area contributed by atoms with E-state index in [-0.39, 0.29) is 23.7 Å². The largest absolute Gasteiger partial charge is 0.341 e. The summed E-state index contributed by atoms with van der Waals surface area (Å²) >= 11 is 7.78. The maximum atomic E-state index is 13.7. The van der Waals surface area contributed by atoms with Crippen molar-refractivity contribution >= 4 is 68.4 Å². The van der Waals surface area contributed by atoms with Crippen molar-refractivity contribution in [1.29, 1.82) is 0 Å². The van der Waals surface area contributed by atoms with Crippen LogP contribution >= 0.6 is 23.4 Å². The maximum Gasteiger partial charge on any atom is 0.331 e. The van der Waals surface area contributed by atoms with E-state index in [0.717, 1.165) is 38.8 Å². The molecule has 6 nitrogen and oxygen atoms in total. The quantitative estimate of drug-likeness (QED) is 0.0533. The van der Waals surface area contributed by atoms with Gasteiger partial charge in [0.15, 0.2) is 5.78 Å². The van der Waals surface area contributed by atoms with Crippen LogP contribution in [0.2, 0.25) is 5.02 Å². The van der Waals surface area contributed by atoms with E-state index in [4.69, 9.17) is 16.4 Å². The fraction of sp³-hybridized carbons (Fsp3) is 0.176. The molecule has 0 bridgehead atoms. The zero-order valence-corrected chi connectivity index (χ0v) is 25.1. The molecule has 1 heterocycles. The van der Waals surface area contributed by atoms with Gasteiger partial charge in [0, 0.05) is 69.0 Å². The number of halogens is 1. The molecule has 0 saturated heterocycles. The van der Waals surface area contributed by atoms with Crippen molar-refractivity contribution in [3.63, 3.8) is 0 Å². The van der Waals surface area contributed by atoms with Gasteiger partial charge in [0.25, 0.3) is 0 Å². The molecule has 5 aromatic rings. The third-order valence-corrected chi connectivity index (χ3v) is 8.59. The monoisotopic (exact) mass is 596 g/mol. The highest BCUT2D eigenvalue weighted by Gasteiger charge is 2.20. The van der Waals surface area contributed by atoms with Gasteiger partial charge in [-0.15, -0.1) is 11.8 Å². The molecule has 0 N–H and O–H groups in total. The summed E-state index contributed by atoms with van der Waals surface area (Å²) in [7, 11) is 0. The normalized spacial score (nSPS) is 11.7. The summed E-state index contributed by atoms with van der Waals surface area (Å²) in [5, 5.41) is 6.29. The summed E-state index contributed by atoms with van der Waals surface area (Å²) in [4.78, 5) is 44.4. The number of hydrogen-bond donors (Lipinski definition) is 0. The van der Waals surface area contributed by atoms with E-state index in [1.165, 1.54) is 18.7 Å². The molecular formula is C34H29ClN2O4S. The topological polar surface area (TPSA) is 77.7 Å². The Hall–Kier alpha value is -4.20. The van der Waals surface area contributed by atoms with Gasteiger partial charge in [-0.1, -0.05) is 53.2 Å². The summed E-state index contributed by atoms with van der Waals surface area (Å²) in [6.45, 7) is 5.95. The van der Waals surface area contributed by atoms with Crippen molar-refractivity contribution in [2.24, 2.45) is 5.16 Å². The van der Waals surface area contributed by atoms with Crippen LogP contribution in [0.5, 0.6) is 0 Å². The molecule has 212 valence electrons. The zero-order valence-electron chi connectivity index (χ0n) is 23.5. The standard InChI is InChI=1S/C34H29ClN2O4S/c1-4-37-30-15-13-23(33(39)25-10-6-5-9-21(25)2)19-26(30)27-20-24(14-16-31(27)37)34(40)29(36-41-22(3)38)17-18-42-32-12-8-7-11-28(32)35/h5-16,19-20H,4,17-18H2,1-3H3. The first-order valence-corrected chi connectivity index (χ1v) is 15.0. The van der Waals surface area contributed by atoms with Gasteiger partial charge in [0.1, 0.15) is 5.71 Å². The molecule has 1 aromatic heterocycles. The molecular weight excluding hydrogens is 568 g/mol.